The Hall–Kier alpha value is -1.69. The zero-order valence-corrected chi connectivity index (χ0v) is 12.1. The minimum atomic E-state index is -1.12. The van der Waals surface area contributed by atoms with Gasteiger partial charge in [0.15, 0.2) is 0 Å². The van der Waals surface area contributed by atoms with Gasteiger partial charge >= 0.3 is 5.97 Å². The summed E-state index contributed by atoms with van der Waals surface area (Å²) < 4.78 is 0. The van der Waals surface area contributed by atoms with E-state index in [-0.39, 0.29) is 17.3 Å². The number of rotatable bonds is 2. The van der Waals surface area contributed by atoms with Gasteiger partial charge in [0.1, 0.15) is 5.82 Å². The van der Waals surface area contributed by atoms with E-state index in [0.29, 0.717) is 37.4 Å². The maximum atomic E-state index is 11.2. The monoisotopic (exact) mass is 279 g/mol. The molecule has 0 saturated carbocycles. The van der Waals surface area contributed by atoms with Crippen LogP contribution in [-0.2, 0) is 5.41 Å². The van der Waals surface area contributed by atoms with Crippen LogP contribution in [0.1, 0.15) is 49.9 Å². The van der Waals surface area contributed by atoms with Gasteiger partial charge in [-0.25, -0.2) is 14.8 Å². The summed E-state index contributed by atoms with van der Waals surface area (Å²) in [5, 5.41) is 18.7. The number of carbonyl (C=O) groups is 1. The Labute approximate surface area is 118 Å². The lowest BCUT2D eigenvalue weighted by Gasteiger charge is -2.31. The highest BCUT2D eigenvalue weighted by molar-refractivity contribution is 5.83. The summed E-state index contributed by atoms with van der Waals surface area (Å²) in [6, 6.07) is 1.85. The molecule has 0 radical (unpaired) electrons. The summed E-state index contributed by atoms with van der Waals surface area (Å²) in [6.07, 6.45) is 1.09. The van der Waals surface area contributed by atoms with Crippen LogP contribution >= 0.6 is 0 Å². The van der Waals surface area contributed by atoms with Crippen LogP contribution in [0.2, 0.25) is 0 Å². The van der Waals surface area contributed by atoms with Crippen molar-refractivity contribution in [1.29, 1.82) is 0 Å². The number of aliphatic hydroxyl groups excluding tert-OH is 1. The van der Waals surface area contributed by atoms with Crippen LogP contribution in [0.15, 0.2) is 6.07 Å². The van der Waals surface area contributed by atoms with Crippen LogP contribution in [0.25, 0.3) is 0 Å². The van der Waals surface area contributed by atoms with E-state index in [0.717, 1.165) is 0 Å². The first-order chi connectivity index (χ1) is 9.27. The molecule has 0 unspecified atom stereocenters. The van der Waals surface area contributed by atoms with E-state index in [4.69, 9.17) is 5.11 Å². The molecular weight excluding hydrogens is 258 g/mol. The second kappa shape index (κ2) is 5.36. The van der Waals surface area contributed by atoms with Gasteiger partial charge in [0.2, 0.25) is 5.82 Å². The molecule has 2 rings (SSSR count). The third kappa shape index (κ3) is 3.25. The normalized spacial score (nSPS) is 17.3. The first-order valence-electron chi connectivity index (χ1n) is 6.83. The maximum absolute atomic E-state index is 11.2. The fraction of sp³-hybridized carbons (Fsp3) is 0.643. The molecule has 1 fully saturated rings. The molecule has 2 heterocycles. The predicted octanol–water partition coefficient (Wildman–Crippen LogP) is 1.43. The highest BCUT2D eigenvalue weighted by Crippen LogP contribution is 2.25. The average molecular weight is 279 g/mol. The SMILES string of the molecule is CC(C)(C)c1cc(N2CCC(O)CC2)nc(C(=O)O)n1. The number of carboxylic acid groups (broad SMARTS) is 1. The quantitative estimate of drug-likeness (QED) is 0.851. The van der Waals surface area contributed by atoms with E-state index >= 15 is 0 Å². The molecule has 1 saturated heterocycles. The molecule has 20 heavy (non-hydrogen) atoms. The maximum Gasteiger partial charge on any atom is 0.374 e. The number of aliphatic hydroxyl groups is 1. The number of aromatic carboxylic acids is 1. The van der Waals surface area contributed by atoms with E-state index in [2.05, 4.69) is 9.97 Å². The lowest BCUT2D eigenvalue weighted by Crippen LogP contribution is -2.37. The predicted molar refractivity (Wildman–Crippen MR) is 75.1 cm³/mol. The van der Waals surface area contributed by atoms with Gasteiger partial charge in [-0.2, -0.15) is 0 Å². The topological polar surface area (TPSA) is 86.5 Å². The number of hydrogen-bond acceptors (Lipinski definition) is 5. The molecule has 1 aliphatic rings. The first kappa shape index (κ1) is 14.7. The second-order valence-electron chi connectivity index (χ2n) is 6.21. The minimum absolute atomic E-state index is 0.168. The summed E-state index contributed by atoms with van der Waals surface area (Å²) in [4.78, 5) is 21.4. The van der Waals surface area contributed by atoms with Crippen molar-refractivity contribution in [2.24, 2.45) is 0 Å². The number of piperidine rings is 1. The summed E-state index contributed by atoms with van der Waals surface area (Å²) in [5.74, 6) is -0.651. The Morgan fingerprint density at radius 3 is 2.40 bits per heavy atom. The van der Waals surface area contributed by atoms with E-state index in [9.17, 15) is 9.90 Å². The Balaban J connectivity index is 2.37. The van der Waals surface area contributed by atoms with E-state index in [1.54, 1.807) is 0 Å². The minimum Gasteiger partial charge on any atom is -0.475 e. The standard InChI is InChI=1S/C14H21N3O3/c1-14(2,3)10-8-11(16-12(15-10)13(19)20)17-6-4-9(18)5-7-17/h8-9,18H,4-7H2,1-3H3,(H,19,20). The molecule has 1 aromatic rings. The molecule has 0 aromatic carbocycles. The molecule has 0 bridgehead atoms. The van der Waals surface area contributed by atoms with Crippen molar-refractivity contribution in [2.45, 2.75) is 45.1 Å². The molecule has 0 amide bonds. The lowest BCUT2D eigenvalue weighted by molar-refractivity contribution is 0.0682. The van der Waals surface area contributed by atoms with Gasteiger partial charge in [0.25, 0.3) is 0 Å². The van der Waals surface area contributed by atoms with Gasteiger partial charge in [0.05, 0.1) is 11.8 Å². The molecule has 0 spiro atoms. The lowest BCUT2D eigenvalue weighted by atomic mass is 9.91. The summed E-state index contributed by atoms with van der Waals surface area (Å²) in [7, 11) is 0. The number of aromatic nitrogens is 2. The average Bonchev–Trinajstić information content (AvgIpc) is 2.38. The van der Waals surface area contributed by atoms with Crippen molar-refractivity contribution in [3.05, 3.63) is 17.6 Å². The van der Waals surface area contributed by atoms with Gasteiger partial charge in [-0.3, -0.25) is 0 Å². The third-order valence-electron chi connectivity index (χ3n) is 3.46. The molecule has 1 aromatic heterocycles. The molecule has 0 aliphatic carbocycles. The zero-order chi connectivity index (χ0) is 14.9. The number of nitrogens with zero attached hydrogens (tertiary/aromatic N) is 3. The molecule has 6 nitrogen and oxygen atoms in total. The van der Waals surface area contributed by atoms with Crippen molar-refractivity contribution in [1.82, 2.24) is 9.97 Å². The van der Waals surface area contributed by atoms with E-state index in [1.807, 2.05) is 31.7 Å². The second-order valence-corrected chi connectivity index (χ2v) is 6.21. The molecule has 0 atom stereocenters. The Bertz CT molecular complexity index is 503. The fourth-order valence-electron chi connectivity index (χ4n) is 2.17. The van der Waals surface area contributed by atoms with Gasteiger partial charge in [-0.15, -0.1) is 0 Å². The highest BCUT2D eigenvalue weighted by atomic mass is 16.4. The fourth-order valence-corrected chi connectivity index (χ4v) is 2.17. The van der Waals surface area contributed by atoms with Crippen LogP contribution < -0.4 is 4.90 Å². The largest absolute Gasteiger partial charge is 0.475 e. The molecular formula is C14H21N3O3. The summed E-state index contributed by atoms with van der Waals surface area (Å²) in [6.45, 7) is 7.34. The number of anilines is 1. The molecule has 110 valence electrons. The van der Waals surface area contributed by atoms with Gasteiger partial charge in [-0.05, 0) is 12.8 Å². The summed E-state index contributed by atoms with van der Waals surface area (Å²) in [5.41, 5.74) is 0.475. The van der Waals surface area contributed by atoms with Crippen LogP contribution in [0.3, 0.4) is 0 Å². The number of hydrogen-bond donors (Lipinski definition) is 2. The first-order valence-corrected chi connectivity index (χ1v) is 6.83. The Morgan fingerprint density at radius 2 is 1.90 bits per heavy atom. The molecule has 1 aliphatic heterocycles. The van der Waals surface area contributed by atoms with Gasteiger partial charge in [-0.1, -0.05) is 20.8 Å². The molecule has 2 N–H and O–H groups in total. The molecule has 6 heteroatoms. The van der Waals surface area contributed by atoms with Crippen molar-refractivity contribution in [3.8, 4) is 0 Å². The smallest absolute Gasteiger partial charge is 0.374 e. The zero-order valence-electron chi connectivity index (χ0n) is 12.1. The van der Waals surface area contributed by atoms with Gasteiger partial charge < -0.3 is 15.1 Å². The van der Waals surface area contributed by atoms with Crippen LogP contribution in [-0.4, -0.2) is 45.3 Å². The number of carboxylic acids is 1. The van der Waals surface area contributed by atoms with E-state index < -0.39 is 5.97 Å². The Kier molecular flexibility index (Phi) is 3.94. The van der Waals surface area contributed by atoms with Crippen LogP contribution in [0.5, 0.6) is 0 Å². The van der Waals surface area contributed by atoms with E-state index in [1.165, 1.54) is 0 Å². The van der Waals surface area contributed by atoms with Gasteiger partial charge in [0, 0.05) is 24.6 Å². The van der Waals surface area contributed by atoms with Crippen molar-refractivity contribution < 1.29 is 15.0 Å². The van der Waals surface area contributed by atoms with Crippen LogP contribution in [0, 0.1) is 0 Å². The highest BCUT2D eigenvalue weighted by Gasteiger charge is 2.24. The van der Waals surface area contributed by atoms with Crippen molar-refractivity contribution >= 4 is 11.8 Å². The Morgan fingerprint density at radius 1 is 1.30 bits per heavy atom. The summed E-state index contributed by atoms with van der Waals surface area (Å²) >= 11 is 0. The van der Waals surface area contributed by atoms with Crippen LogP contribution in [0.4, 0.5) is 5.82 Å². The van der Waals surface area contributed by atoms with Crippen molar-refractivity contribution in [3.63, 3.8) is 0 Å². The van der Waals surface area contributed by atoms with Crippen molar-refractivity contribution in [2.75, 3.05) is 18.0 Å². The third-order valence-corrected chi connectivity index (χ3v) is 3.46.